The molecule has 5 nitrogen and oxygen atoms in total. The highest BCUT2D eigenvalue weighted by atomic mass is 16.7. The Hall–Kier alpha value is -1.37. The van der Waals surface area contributed by atoms with Gasteiger partial charge in [0.15, 0.2) is 0 Å². The molecule has 1 fully saturated rings. The highest BCUT2D eigenvalue weighted by Crippen LogP contribution is 2.37. The van der Waals surface area contributed by atoms with Crippen LogP contribution in [0.2, 0.25) is 0 Å². The lowest BCUT2D eigenvalue weighted by Crippen LogP contribution is -2.41. The molecule has 0 aromatic heterocycles. The topological polar surface area (TPSA) is 65.0 Å². The Bertz CT molecular complexity index is 593. The molecule has 0 spiro atoms. The summed E-state index contributed by atoms with van der Waals surface area (Å²) >= 11 is 0. The third kappa shape index (κ3) is 3.66. The van der Waals surface area contributed by atoms with Crippen LogP contribution >= 0.6 is 0 Å². The van der Waals surface area contributed by atoms with Gasteiger partial charge >= 0.3 is 7.12 Å². The van der Waals surface area contributed by atoms with E-state index >= 15 is 0 Å². The van der Waals surface area contributed by atoms with Gasteiger partial charge in [-0.2, -0.15) is 0 Å². The van der Waals surface area contributed by atoms with Crippen molar-refractivity contribution in [2.75, 3.05) is 6.61 Å². The summed E-state index contributed by atoms with van der Waals surface area (Å²) in [6, 6.07) is 5.21. The average molecular weight is 334 g/mol. The standard InChI is InChI=1S/C18H27BO5/c1-7-18(6,21)12-22-14-10-8-9-13(11-20)15(14)19-23-16(2,3)17(4,5)24-19/h8-11,21H,7,12H2,1-6H3. The Morgan fingerprint density at radius 1 is 1.25 bits per heavy atom. The molecule has 1 aromatic carbocycles. The van der Waals surface area contributed by atoms with Crippen molar-refractivity contribution < 1.29 is 23.9 Å². The van der Waals surface area contributed by atoms with E-state index in [1.165, 1.54) is 0 Å². The zero-order valence-electron chi connectivity index (χ0n) is 15.4. The zero-order chi connectivity index (χ0) is 18.2. The van der Waals surface area contributed by atoms with Crippen LogP contribution in [0.5, 0.6) is 5.75 Å². The fourth-order valence-electron chi connectivity index (χ4n) is 2.34. The van der Waals surface area contributed by atoms with Crippen molar-refractivity contribution in [3.63, 3.8) is 0 Å². The lowest BCUT2D eigenvalue weighted by atomic mass is 9.75. The third-order valence-corrected chi connectivity index (χ3v) is 5.02. The molecule has 1 aromatic rings. The second kappa shape index (κ2) is 6.50. The average Bonchev–Trinajstić information content (AvgIpc) is 2.72. The van der Waals surface area contributed by atoms with Crippen LogP contribution in [-0.4, -0.2) is 41.9 Å². The smallest absolute Gasteiger partial charge is 0.491 e. The van der Waals surface area contributed by atoms with Gasteiger partial charge in [0.1, 0.15) is 18.6 Å². The molecular weight excluding hydrogens is 307 g/mol. The fraction of sp³-hybridized carbons (Fsp3) is 0.611. The van der Waals surface area contributed by atoms with Gasteiger partial charge in [-0.3, -0.25) is 4.79 Å². The summed E-state index contributed by atoms with van der Waals surface area (Å²) < 4.78 is 18.0. The molecule has 1 atom stereocenters. The lowest BCUT2D eigenvalue weighted by molar-refractivity contribution is 0.00578. The van der Waals surface area contributed by atoms with Gasteiger partial charge in [-0.1, -0.05) is 19.1 Å². The predicted octanol–water partition coefficient (Wildman–Crippen LogP) is 2.34. The molecule has 2 rings (SSSR count). The minimum absolute atomic E-state index is 0.123. The minimum Gasteiger partial charge on any atom is -0.491 e. The van der Waals surface area contributed by atoms with Crippen LogP contribution in [0.25, 0.3) is 0 Å². The third-order valence-electron chi connectivity index (χ3n) is 5.02. The van der Waals surface area contributed by atoms with Crippen LogP contribution in [0.1, 0.15) is 58.3 Å². The van der Waals surface area contributed by atoms with E-state index in [1.807, 2.05) is 34.6 Å². The van der Waals surface area contributed by atoms with Crippen molar-refractivity contribution in [1.82, 2.24) is 0 Å². The molecule has 0 amide bonds. The van der Waals surface area contributed by atoms with E-state index < -0.39 is 23.9 Å². The first-order chi connectivity index (χ1) is 11.0. The number of ether oxygens (including phenoxy) is 1. The molecule has 6 heteroatoms. The summed E-state index contributed by atoms with van der Waals surface area (Å²) in [5, 5.41) is 10.2. The lowest BCUT2D eigenvalue weighted by Gasteiger charge is -2.32. The van der Waals surface area contributed by atoms with Gasteiger partial charge in [-0.15, -0.1) is 0 Å². The molecule has 1 heterocycles. The van der Waals surface area contributed by atoms with Crippen LogP contribution in [0.3, 0.4) is 0 Å². The normalized spacial score (nSPS) is 21.4. The number of benzene rings is 1. The Morgan fingerprint density at radius 3 is 2.33 bits per heavy atom. The van der Waals surface area contributed by atoms with Crippen molar-refractivity contribution in [1.29, 1.82) is 0 Å². The first kappa shape index (κ1) is 19.0. The van der Waals surface area contributed by atoms with Gasteiger partial charge in [0.25, 0.3) is 0 Å². The van der Waals surface area contributed by atoms with Gasteiger partial charge in [0.05, 0.1) is 16.8 Å². The molecule has 132 valence electrons. The van der Waals surface area contributed by atoms with Crippen LogP contribution in [0.4, 0.5) is 0 Å². The maximum Gasteiger partial charge on any atom is 0.499 e. The quantitative estimate of drug-likeness (QED) is 0.639. The summed E-state index contributed by atoms with van der Waals surface area (Å²) in [7, 11) is -0.696. The number of aldehydes is 1. The SMILES string of the molecule is CCC(C)(O)COc1cccc(C=O)c1B1OC(C)(C)C(C)(C)O1. The first-order valence-corrected chi connectivity index (χ1v) is 8.32. The Morgan fingerprint density at radius 2 is 1.83 bits per heavy atom. The van der Waals surface area contributed by atoms with E-state index in [1.54, 1.807) is 25.1 Å². The maximum absolute atomic E-state index is 11.5. The summed E-state index contributed by atoms with van der Waals surface area (Å²) in [6.45, 7) is 11.6. The molecule has 1 unspecified atom stereocenters. The van der Waals surface area contributed by atoms with Crippen molar-refractivity contribution in [3.05, 3.63) is 23.8 Å². The molecular formula is C18H27BO5. The molecule has 1 saturated heterocycles. The highest BCUT2D eigenvalue weighted by Gasteiger charge is 2.53. The summed E-state index contributed by atoms with van der Waals surface area (Å²) in [6.07, 6.45) is 1.33. The van der Waals surface area contributed by atoms with E-state index in [0.29, 0.717) is 23.2 Å². The Labute approximate surface area is 144 Å². The highest BCUT2D eigenvalue weighted by molar-refractivity contribution is 6.64. The van der Waals surface area contributed by atoms with Gasteiger partial charge in [0.2, 0.25) is 0 Å². The molecule has 24 heavy (non-hydrogen) atoms. The Kier molecular flexibility index (Phi) is 5.14. The monoisotopic (exact) mass is 334 g/mol. The van der Waals surface area contributed by atoms with Crippen molar-refractivity contribution in [2.45, 2.75) is 64.8 Å². The number of hydrogen-bond donors (Lipinski definition) is 1. The van der Waals surface area contributed by atoms with E-state index in [-0.39, 0.29) is 6.61 Å². The predicted molar refractivity (Wildman–Crippen MR) is 94.0 cm³/mol. The van der Waals surface area contributed by atoms with Gasteiger partial charge in [-0.05, 0) is 47.1 Å². The van der Waals surface area contributed by atoms with Crippen molar-refractivity contribution in [3.8, 4) is 5.75 Å². The molecule has 0 saturated carbocycles. The van der Waals surface area contributed by atoms with Crippen LogP contribution in [0.15, 0.2) is 18.2 Å². The maximum atomic E-state index is 11.5. The van der Waals surface area contributed by atoms with E-state index in [9.17, 15) is 9.90 Å². The molecule has 1 aliphatic heterocycles. The Balaban J connectivity index is 2.37. The van der Waals surface area contributed by atoms with Crippen molar-refractivity contribution >= 4 is 18.9 Å². The number of carbonyl (C=O) groups excluding carboxylic acids is 1. The van der Waals surface area contributed by atoms with E-state index in [2.05, 4.69) is 0 Å². The van der Waals surface area contributed by atoms with Crippen LogP contribution < -0.4 is 10.2 Å². The minimum atomic E-state index is -0.940. The fourth-order valence-corrected chi connectivity index (χ4v) is 2.34. The van der Waals surface area contributed by atoms with Gasteiger partial charge in [-0.25, -0.2) is 0 Å². The van der Waals surface area contributed by atoms with E-state index in [0.717, 1.165) is 6.29 Å². The second-order valence-electron chi connectivity index (χ2n) is 7.60. The number of carbonyl (C=O) groups is 1. The number of hydrogen-bond acceptors (Lipinski definition) is 5. The molecule has 0 bridgehead atoms. The molecule has 0 radical (unpaired) electrons. The number of aliphatic hydroxyl groups is 1. The molecule has 0 aliphatic carbocycles. The van der Waals surface area contributed by atoms with Gasteiger partial charge in [0, 0.05) is 11.0 Å². The summed E-state index contributed by atoms with van der Waals surface area (Å²) in [4.78, 5) is 11.5. The number of rotatable bonds is 6. The van der Waals surface area contributed by atoms with Crippen molar-refractivity contribution in [2.24, 2.45) is 0 Å². The largest absolute Gasteiger partial charge is 0.499 e. The zero-order valence-corrected chi connectivity index (χ0v) is 15.4. The van der Waals surface area contributed by atoms with E-state index in [4.69, 9.17) is 14.0 Å². The van der Waals surface area contributed by atoms with Crippen LogP contribution in [-0.2, 0) is 9.31 Å². The first-order valence-electron chi connectivity index (χ1n) is 8.32. The molecule has 1 N–H and O–H groups in total. The van der Waals surface area contributed by atoms with Gasteiger partial charge < -0.3 is 19.2 Å². The second-order valence-corrected chi connectivity index (χ2v) is 7.60. The van der Waals surface area contributed by atoms with Crippen LogP contribution in [0, 0.1) is 0 Å². The summed E-state index contributed by atoms with van der Waals surface area (Å²) in [5.41, 5.74) is -0.940. The molecule has 1 aliphatic rings. The summed E-state index contributed by atoms with van der Waals surface area (Å²) in [5.74, 6) is 0.492.